The highest BCUT2D eigenvalue weighted by Crippen LogP contribution is 2.15. The number of alkyl halides is 2. The fourth-order valence-electron chi connectivity index (χ4n) is 1.69. The number of benzene rings is 1. The number of aromatic amines is 1. The number of hydrogen-bond acceptors (Lipinski definition) is 2. The molecule has 0 aliphatic heterocycles. The standard InChI is InChI=1S/C11H11F3N2OS/c12-7-1-2-9-8(5-7)15-11(18)16(9)3-4-17-6-10(13)14/h1-2,5,10H,3-4,6H2,(H,15,18). The highest BCUT2D eigenvalue weighted by atomic mass is 32.1. The number of fused-ring (bicyclic) bond motifs is 1. The maximum absolute atomic E-state index is 13.0. The Morgan fingerprint density at radius 1 is 1.39 bits per heavy atom. The maximum atomic E-state index is 13.0. The topological polar surface area (TPSA) is 29.9 Å². The van der Waals surface area contributed by atoms with Gasteiger partial charge < -0.3 is 14.3 Å². The molecule has 18 heavy (non-hydrogen) atoms. The largest absolute Gasteiger partial charge is 0.374 e. The molecule has 1 aromatic heterocycles. The molecule has 2 rings (SSSR count). The Labute approximate surface area is 106 Å². The Morgan fingerprint density at radius 2 is 2.17 bits per heavy atom. The molecule has 1 N–H and O–H groups in total. The van der Waals surface area contributed by atoms with Crippen LogP contribution in [0.3, 0.4) is 0 Å². The van der Waals surface area contributed by atoms with E-state index in [1.54, 1.807) is 10.6 Å². The zero-order chi connectivity index (χ0) is 13.1. The summed E-state index contributed by atoms with van der Waals surface area (Å²) < 4.78 is 43.7. The SMILES string of the molecule is Fc1ccc2c(c1)[nH]c(=S)n2CCOCC(F)F. The predicted octanol–water partition coefficient (Wildman–Crippen LogP) is 3.12. The van der Waals surface area contributed by atoms with Gasteiger partial charge in [0.25, 0.3) is 6.43 Å². The van der Waals surface area contributed by atoms with Crippen LogP contribution in [-0.4, -0.2) is 29.2 Å². The lowest BCUT2D eigenvalue weighted by molar-refractivity contribution is 0.0149. The van der Waals surface area contributed by atoms with E-state index in [2.05, 4.69) is 4.98 Å². The van der Waals surface area contributed by atoms with Crippen molar-refractivity contribution in [2.24, 2.45) is 0 Å². The van der Waals surface area contributed by atoms with E-state index in [0.29, 0.717) is 16.8 Å². The van der Waals surface area contributed by atoms with Gasteiger partial charge in [0.15, 0.2) is 4.77 Å². The van der Waals surface area contributed by atoms with Gasteiger partial charge in [0.2, 0.25) is 0 Å². The van der Waals surface area contributed by atoms with Crippen molar-refractivity contribution in [2.75, 3.05) is 13.2 Å². The number of halogens is 3. The van der Waals surface area contributed by atoms with E-state index in [-0.39, 0.29) is 12.4 Å². The first-order valence-electron chi connectivity index (χ1n) is 5.32. The van der Waals surface area contributed by atoms with Gasteiger partial charge in [0, 0.05) is 6.54 Å². The summed E-state index contributed by atoms with van der Waals surface area (Å²) in [4.78, 5) is 2.85. The lowest BCUT2D eigenvalue weighted by atomic mass is 10.3. The molecule has 0 bridgehead atoms. The summed E-state index contributed by atoms with van der Waals surface area (Å²) in [5.41, 5.74) is 1.30. The quantitative estimate of drug-likeness (QED) is 0.671. The van der Waals surface area contributed by atoms with E-state index >= 15 is 0 Å². The van der Waals surface area contributed by atoms with Crippen LogP contribution in [0.2, 0.25) is 0 Å². The lowest BCUT2D eigenvalue weighted by Gasteiger charge is -2.05. The van der Waals surface area contributed by atoms with Gasteiger partial charge in [-0.25, -0.2) is 13.2 Å². The third-order valence-corrected chi connectivity index (χ3v) is 2.76. The Bertz CT molecular complexity index is 593. The molecule has 0 fully saturated rings. The number of imidazole rings is 1. The van der Waals surface area contributed by atoms with Gasteiger partial charge in [-0.15, -0.1) is 0 Å². The summed E-state index contributed by atoms with van der Waals surface area (Å²) in [5, 5.41) is 0. The Morgan fingerprint density at radius 3 is 2.89 bits per heavy atom. The average Bonchev–Trinajstić information content (AvgIpc) is 2.59. The van der Waals surface area contributed by atoms with Crippen molar-refractivity contribution in [3.63, 3.8) is 0 Å². The molecule has 0 amide bonds. The Kier molecular flexibility index (Phi) is 4.03. The minimum absolute atomic E-state index is 0.128. The summed E-state index contributed by atoms with van der Waals surface area (Å²) in [6.45, 7) is -0.121. The molecule has 3 nitrogen and oxygen atoms in total. The molecular formula is C11H11F3N2OS. The minimum atomic E-state index is -2.48. The van der Waals surface area contributed by atoms with Crippen LogP contribution in [0.5, 0.6) is 0 Å². The molecule has 98 valence electrons. The molecule has 0 atom stereocenters. The van der Waals surface area contributed by atoms with E-state index in [1.807, 2.05) is 0 Å². The van der Waals surface area contributed by atoms with Crippen molar-refractivity contribution < 1.29 is 17.9 Å². The fourth-order valence-corrected chi connectivity index (χ4v) is 1.99. The second-order valence-electron chi connectivity index (χ2n) is 3.71. The molecule has 2 aromatic rings. The Balaban J connectivity index is 2.13. The van der Waals surface area contributed by atoms with Crippen LogP contribution in [0.25, 0.3) is 11.0 Å². The van der Waals surface area contributed by atoms with Gasteiger partial charge in [0.1, 0.15) is 12.4 Å². The van der Waals surface area contributed by atoms with Gasteiger partial charge in [-0.05, 0) is 30.4 Å². The predicted molar refractivity (Wildman–Crippen MR) is 63.9 cm³/mol. The molecule has 0 saturated heterocycles. The second-order valence-corrected chi connectivity index (χ2v) is 4.10. The van der Waals surface area contributed by atoms with Crippen LogP contribution in [-0.2, 0) is 11.3 Å². The van der Waals surface area contributed by atoms with Crippen molar-refractivity contribution in [3.8, 4) is 0 Å². The van der Waals surface area contributed by atoms with Crippen LogP contribution in [0, 0.1) is 10.6 Å². The van der Waals surface area contributed by atoms with E-state index < -0.39 is 13.0 Å². The molecule has 0 unspecified atom stereocenters. The monoisotopic (exact) mass is 276 g/mol. The third kappa shape index (κ3) is 2.91. The molecule has 1 heterocycles. The van der Waals surface area contributed by atoms with Crippen LogP contribution in [0.15, 0.2) is 18.2 Å². The fraction of sp³-hybridized carbons (Fsp3) is 0.364. The average molecular weight is 276 g/mol. The number of ether oxygens (including phenoxy) is 1. The number of nitrogens with one attached hydrogen (secondary N) is 1. The number of H-pyrrole nitrogens is 1. The van der Waals surface area contributed by atoms with Crippen molar-refractivity contribution in [3.05, 3.63) is 28.8 Å². The van der Waals surface area contributed by atoms with E-state index in [4.69, 9.17) is 17.0 Å². The molecular weight excluding hydrogens is 265 g/mol. The summed E-state index contributed by atoms with van der Waals surface area (Å²) in [6, 6.07) is 4.24. The number of aromatic nitrogens is 2. The highest BCUT2D eigenvalue weighted by Gasteiger charge is 2.06. The summed E-state index contributed by atoms with van der Waals surface area (Å²) in [6.07, 6.45) is -2.48. The Hall–Kier alpha value is -1.34. The summed E-state index contributed by atoms with van der Waals surface area (Å²) in [7, 11) is 0. The molecule has 1 aromatic carbocycles. The first kappa shape index (κ1) is 13.1. The second kappa shape index (κ2) is 5.53. The van der Waals surface area contributed by atoms with Gasteiger partial charge in [0.05, 0.1) is 17.6 Å². The van der Waals surface area contributed by atoms with Crippen LogP contribution in [0.1, 0.15) is 0 Å². The van der Waals surface area contributed by atoms with Crippen LogP contribution >= 0.6 is 12.2 Å². The van der Waals surface area contributed by atoms with Crippen molar-refractivity contribution in [1.29, 1.82) is 0 Å². The zero-order valence-electron chi connectivity index (χ0n) is 9.33. The smallest absolute Gasteiger partial charge is 0.261 e. The zero-order valence-corrected chi connectivity index (χ0v) is 10.1. The van der Waals surface area contributed by atoms with Crippen LogP contribution < -0.4 is 0 Å². The van der Waals surface area contributed by atoms with Crippen molar-refractivity contribution in [1.82, 2.24) is 9.55 Å². The number of rotatable bonds is 5. The van der Waals surface area contributed by atoms with Gasteiger partial charge in [-0.2, -0.15) is 0 Å². The minimum Gasteiger partial charge on any atom is -0.374 e. The van der Waals surface area contributed by atoms with E-state index in [1.165, 1.54) is 12.1 Å². The van der Waals surface area contributed by atoms with Gasteiger partial charge in [-0.1, -0.05) is 0 Å². The third-order valence-electron chi connectivity index (χ3n) is 2.44. The molecule has 0 aliphatic rings. The first-order valence-corrected chi connectivity index (χ1v) is 5.72. The van der Waals surface area contributed by atoms with E-state index in [0.717, 1.165) is 5.52 Å². The van der Waals surface area contributed by atoms with Gasteiger partial charge in [-0.3, -0.25) is 0 Å². The number of hydrogen-bond donors (Lipinski definition) is 1. The number of nitrogens with zero attached hydrogens (tertiary/aromatic N) is 1. The molecule has 0 spiro atoms. The highest BCUT2D eigenvalue weighted by molar-refractivity contribution is 7.71. The molecule has 7 heteroatoms. The van der Waals surface area contributed by atoms with Crippen molar-refractivity contribution in [2.45, 2.75) is 13.0 Å². The summed E-state index contributed by atoms with van der Waals surface area (Å²) >= 11 is 5.08. The van der Waals surface area contributed by atoms with Crippen LogP contribution in [0.4, 0.5) is 13.2 Å². The molecule has 0 radical (unpaired) electrons. The van der Waals surface area contributed by atoms with E-state index in [9.17, 15) is 13.2 Å². The van der Waals surface area contributed by atoms with Crippen molar-refractivity contribution >= 4 is 23.3 Å². The maximum Gasteiger partial charge on any atom is 0.261 e. The lowest BCUT2D eigenvalue weighted by Crippen LogP contribution is -2.10. The normalized spacial score (nSPS) is 11.6. The summed E-state index contributed by atoms with van der Waals surface area (Å²) in [5.74, 6) is -0.361. The molecule has 0 saturated carbocycles. The molecule has 0 aliphatic carbocycles. The van der Waals surface area contributed by atoms with Gasteiger partial charge >= 0.3 is 0 Å². The first-order chi connectivity index (χ1) is 8.58.